The molecule has 0 aliphatic carbocycles. The van der Waals surface area contributed by atoms with Crippen molar-refractivity contribution in [3.8, 4) is 0 Å². The maximum absolute atomic E-state index is 6.91. The molecule has 3 nitrogen and oxygen atoms in total. The summed E-state index contributed by atoms with van der Waals surface area (Å²) in [7, 11) is 0. The van der Waals surface area contributed by atoms with Gasteiger partial charge in [-0.2, -0.15) is 0 Å². The van der Waals surface area contributed by atoms with E-state index in [1.165, 1.54) is 16.8 Å². The molecule has 3 heteroatoms. The predicted molar refractivity (Wildman–Crippen MR) is 118 cm³/mol. The van der Waals surface area contributed by atoms with Crippen LogP contribution >= 0.6 is 0 Å². The van der Waals surface area contributed by atoms with E-state index in [1.54, 1.807) is 0 Å². The lowest BCUT2D eigenvalue weighted by Crippen LogP contribution is -2.50. The number of nitrogens with zero attached hydrogens (tertiary/aromatic N) is 2. The van der Waals surface area contributed by atoms with Crippen LogP contribution in [0.4, 0.5) is 5.69 Å². The number of anilines is 1. The Morgan fingerprint density at radius 3 is 1.72 bits per heavy atom. The molecule has 2 saturated heterocycles. The first kappa shape index (κ1) is 18.4. The zero-order valence-electron chi connectivity index (χ0n) is 16.8. The van der Waals surface area contributed by atoms with Crippen molar-refractivity contribution >= 4 is 5.69 Å². The molecule has 2 aliphatic rings. The van der Waals surface area contributed by atoms with Crippen LogP contribution < -0.4 is 4.90 Å². The number of piperazine rings is 1. The quantitative estimate of drug-likeness (QED) is 0.637. The van der Waals surface area contributed by atoms with E-state index in [0.29, 0.717) is 0 Å². The van der Waals surface area contributed by atoms with Crippen LogP contribution in [0, 0.1) is 0 Å². The van der Waals surface area contributed by atoms with Crippen LogP contribution in [-0.4, -0.2) is 37.3 Å². The van der Waals surface area contributed by atoms with Crippen molar-refractivity contribution in [3.63, 3.8) is 0 Å². The topological polar surface area (TPSA) is 15.7 Å². The van der Waals surface area contributed by atoms with Gasteiger partial charge >= 0.3 is 0 Å². The molecule has 0 spiro atoms. The van der Waals surface area contributed by atoms with Crippen molar-refractivity contribution in [2.45, 2.75) is 24.7 Å². The number of para-hydroxylation sites is 1. The molecule has 3 aromatic carbocycles. The molecule has 0 amide bonds. The molecule has 0 saturated carbocycles. The molecule has 0 N–H and O–H groups in total. The van der Waals surface area contributed by atoms with Gasteiger partial charge in [-0.25, -0.2) is 0 Å². The maximum Gasteiger partial charge on any atom is 0.120 e. The lowest BCUT2D eigenvalue weighted by atomic mass is 9.84. The Labute approximate surface area is 173 Å². The minimum Gasteiger partial charge on any atom is -0.369 e. The standard InChI is InChI=1S/C26H28N2O/c1-4-10-22(11-5-1)26(23-12-6-2-7-13-23)17-16-25(29-26)28-20-18-27(19-21-28)24-14-8-3-9-15-24/h1-15,25H,16-21H2. The Balaban J connectivity index is 1.34. The van der Waals surface area contributed by atoms with Crippen LogP contribution in [0.3, 0.4) is 0 Å². The van der Waals surface area contributed by atoms with Gasteiger partial charge in [0.25, 0.3) is 0 Å². The Bertz CT molecular complexity index is 866. The molecule has 2 heterocycles. The summed E-state index contributed by atoms with van der Waals surface area (Å²) in [6, 6.07) is 32.2. The van der Waals surface area contributed by atoms with Gasteiger partial charge in [0.2, 0.25) is 0 Å². The number of hydrogen-bond donors (Lipinski definition) is 0. The van der Waals surface area contributed by atoms with E-state index in [2.05, 4.69) is 101 Å². The van der Waals surface area contributed by atoms with Crippen LogP contribution in [0.1, 0.15) is 24.0 Å². The van der Waals surface area contributed by atoms with Crippen molar-refractivity contribution in [1.29, 1.82) is 0 Å². The van der Waals surface area contributed by atoms with Gasteiger partial charge in [0.05, 0.1) is 0 Å². The normalized spacial score (nSPS) is 21.9. The lowest BCUT2D eigenvalue weighted by Gasteiger charge is -2.40. The van der Waals surface area contributed by atoms with Gasteiger partial charge in [-0.1, -0.05) is 78.9 Å². The third kappa shape index (κ3) is 3.57. The summed E-state index contributed by atoms with van der Waals surface area (Å²) in [6.45, 7) is 4.18. The molecule has 29 heavy (non-hydrogen) atoms. The lowest BCUT2D eigenvalue weighted by molar-refractivity contribution is -0.0938. The highest BCUT2D eigenvalue weighted by atomic mass is 16.5. The third-order valence-corrected chi connectivity index (χ3v) is 6.40. The van der Waals surface area contributed by atoms with Crippen LogP contribution in [0.15, 0.2) is 91.0 Å². The molecular formula is C26H28N2O. The highest BCUT2D eigenvalue weighted by Gasteiger charge is 2.45. The molecule has 0 radical (unpaired) electrons. The largest absolute Gasteiger partial charge is 0.369 e. The second kappa shape index (κ2) is 8.02. The monoisotopic (exact) mass is 384 g/mol. The van der Waals surface area contributed by atoms with E-state index < -0.39 is 0 Å². The van der Waals surface area contributed by atoms with Gasteiger partial charge in [0.1, 0.15) is 11.8 Å². The fourth-order valence-electron chi connectivity index (χ4n) is 4.85. The molecule has 2 aliphatic heterocycles. The molecule has 3 aromatic rings. The first-order valence-electron chi connectivity index (χ1n) is 10.7. The first-order valence-corrected chi connectivity index (χ1v) is 10.7. The Hall–Kier alpha value is -2.62. The van der Waals surface area contributed by atoms with Crippen molar-refractivity contribution in [1.82, 2.24) is 4.90 Å². The van der Waals surface area contributed by atoms with E-state index in [9.17, 15) is 0 Å². The molecule has 2 fully saturated rings. The van der Waals surface area contributed by atoms with E-state index >= 15 is 0 Å². The number of hydrogen-bond acceptors (Lipinski definition) is 3. The van der Waals surface area contributed by atoms with Crippen LogP contribution in [-0.2, 0) is 10.3 Å². The van der Waals surface area contributed by atoms with Crippen LogP contribution in [0.5, 0.6) is 0 Å². The van der Waals surface area contributed by atoms with Gasteiger partial charge in [0, 0.05) is 31.9 Å². The van der Waals surface area contributed by atoms with Crippen LogP contribution in [0.25, 0.3) is 0 Å². The number of ether oxygens (including phenoxy) is 1. The first-order chi connectivity index (χ1) is 14.4. The fraction of sp³-hybridized carbons (Fsp3) is 0.308. The van der Waals surface area contributed by atoms with E-state index in [0.717, 1.165) is 39.0 Å². The summed E-state index contributed by atoms with van der Waals surface area (Å²) in [5.74, 6) is 0. The Kier molecular flexibility index (Phi) is 5.09. The Morgan fingerprint density at radius 1 is 0.655 bits per heavy atom. The zero-order valence-corrected chi connectivity index (χ0v) is 16.8. The molecule has 0 bridgehead atoms. The summed E-state index contributed by atoms with van der Waals surface area (Å²) in [5.41, 5.74) is 3.50. The van der Waals surface area contributed by atoms with E-state index in [-0.39, 0.29) is 11.8 Å². The molecule has 5 rings (SSSR count). The highest BCUT2D eigenvalue weighted by molar-refractivity contribution is 5.46. The van der Waals surface area contributed by atoms with Gasteiger partial charge in [0.15, 0.2) is 0 Å². The van der Waals surface area contributed by atoms with Crippen molar-refractivity contribution in [2.24, 2.45) is 0 Å². The van der Waals surface area contributed by atoms with Crippen molar-refractivity contribution in [2.75, 3.05) is 31.1 Å². The molecule has 1 atom stereocenters. The minimum absolute atomic E-state index is 0.174. The van der Waals surface area contributed by atoms with Gasteiger partial charge < -0.3 is 9.64 Å². The van der Waals surface area contributed by atoms with E-state index in [1.807, 2.05) is 0 Å². The Morgan fingerprint density at radius 2 is 1.17 bits per heavy atom. The number of benzene rings is 3. The smallest absolute Gasteiger partial charge is 0.120 e. The van der Waals surface area contributed by atoms with Gasteiger partial charge in [-0.3, -0.25) is 4.90 Å². The zero-order chi connectivity index (χ0) is 19.5. The molecular weight excluding hydrogens is 356 g/mol. The van der Waals surface area contributed by atoms with Crippen molar-refractivity contribution in [3.05, 3.63) is 102 Å². The molecule has 1 unspecified atom stereocenters. The maximum atomic E-state index is 6.91. The van der Waals surface area contributed by atoms with Gasteiger partial charge in [-0.15, -0.1) is 0 Å². The predicted octanol–water partition coefficient (Wildman–Crippen LogP) is 4.89. The summed E-state index contributed by atoms with van der Waals surface area (Å²) < 4.78 is 6.91. The fourth-order valence-corrected chi connectivity index (χ4v) is 4.85. The van der Waals surface area contributed by atoms with Crippen molar-refractivity contribution < 1.29 is 4.74 Å². The van der Waals surface area contributed by atoms with Gasteiger partial charge in [-0.05, 0) is 36.1 Å². The molecule has 0 aromatic heterocycles. The summed E-state index contributed by atoms with van der Waals surface area (Å²) in [4.78, 5) is 5.01. The third-order valence-electron chi connectivity index (χ3n) is 6.40. The summed E-state index contributed by atoms with van der Waals surface area (Å²) in [5, 5.41) is 0. The number of rotatable bonds is 4. The molecule has 148 valence electrons. The SMILES string of the molecule is c1ccc(N2CCN(C3CCC(c4ccccc4)(c4ccccc4)O3)CC2)cc1. The summed E-state index contributed by atoms with van der Waals surface area (Å²) >= 11 is 0. The van der Waals surface area contributed by atoms with Crippen LogP contribution in [0.2, 0.25) is 0 Å². The minimum atomic E-state index is -0.344. The highest BCUT2D eigenvalue weighted by Crippen LogP contribution is 2.45. The summed E-state index contributed by atoms with van der Waals surface area (Å²) in [6.07, 6.45) is 2.26. The second-order valence-electron chi connectivity index (χ2n) is 8.03. The second-order valence-corrected chi connectivity index (χ2v) is 8.03. The van der Waals surface area contributed by atoms with E-state index in [4.69, 9.17) is 4.74 Å². The average Bonchev–Trinajstić information content (AvgIpc) is 3.28. The average molecular weight is 385 g/mol.